The number of aromatic nitrogens is 2. The van der Waals surface area contributed by atoms with Crippen LogP contribution in [0.5, 0.6) is 0 Å². The van der Waals surface area contributed by atoms with Crippen LogP contribution in [0.15, 0.2) is 61.7 Å². The summed E-state index contributed by atoms with van der Waals surface area (Å²) in [6, 6.07) is 12.5. The molecule has 4 aromatic rings. The molecule has 2 aromatic carbocycles. The zero-order valence-corrected chi connectivity index (χ0v) is 19.7. The fourth-order valence-corrected chi connectivity index (χ4v) is 5.61. The van der Waals surface area contributed by atoms with Gasteiger partial charge in [-0.15, -0.1) is 0 Å². The summed E-state index contributed by atoms with van der Waals surface area (Å²) in [5, 5.41) is 14.5. The molecule has 9 heteroatoms. The van der Waals surface area contributed by atoms with Crippen molar-refractivity contribution in [2.24, 2.45) is 0 Å². The van der Waals surface area contributed by atoms with Gasteiger partial charge in [-0.25, -0.2) is 8.42 Å². The number of rotatable bonds is 6. The van der Waals surface area contributed by atoms with Gasteiger partial charge in [0.2, 0.25) is 0 Å². The van der Waals surface area contributed by atoms with E-state index in [1.54, 1.807) is 28.8 Å². The van der Waals surface area contributed by atoms with Gasteiger partial charge in [0.15, 0.2) is 9.84 Å². The van der Waals surface area contributed by atoms with Gasteiger partial charge < -0.3 is 14.2 Å². The standard InChI is InChI=1S/C23H22N2O5S2/c1-13-21(15(3)30-24-13)18-6-5-7-19-22(18)23(14(2)25(19)12-20(26)27)31-16-8-10-17(11-9-16)32(4,28)29/h5-11H,12H2,1-4H3,(H,26,27). The molecule has 0 saturated heterocycles. The van der Waals surface area contributed by atoms with E-state index in [0.29, 0.717) is 5.76 Å². The number of fused-ring (bicyclic) bond motifs is 1. The Bertz CT molecular complexity index is 1430. The zero-order chi connectivity index (χ0) is 23.2. The Balaban J connectivity index is 1.95. The molecule has 166 valence electrons. The molecule has 0 saturated carbocycles. The van der Waals surface area contributed by atoms with Crippen LogP contribution in [0.1, 0.15) is 17.1 Å². The average molecular weight is 471 g/mol. The summed E-state index contributed by atoms with van der Waals surface area (Å²) in [7, 11) is -3.29. The third kappa shape index (κ3) is 3.93. The van der Waals surface area contributed by atoms with E-state index in [0.717, 1.165) is 43.2 Å². The third-order valence-electron chi connectivity index (χ3n) is 5.36. The van der Waals surface area contributed by atoms with Crippen LogP contribution in [-0.2, 0) is 21.2 Å². The molecule has 0 unspecified atom stereocenters. The molecule has 0 radical (unpaired) electrons. The van der Waals surface area contributed by atoms with E-state index in [4.69, 9.17) is 4.52 Å². The molecule has 0 aliphatic rings. The zero-order valence-electron chi connectivity index (χ0n) is 18.0. The molecule has 4 rings (SSSR count). The van der Waals surface area contributed by atoms with E-state index in [1.807, 2.05) is 39.0 Å². The van der Waals surface area contributed by atoms with E-state index >= 15 is 0 Å². The Morgan fingerprint density at radius 2 is 1.81 bits per heavy atom. The first-order valence-electron chi connectivity index (χ1n) is 9.82. The smallest absolute Gasteiger partial charge is 0.323 e. The highest BCUT2D eigenvalue weighted by molar-refractivity contribution is 7.99. The van der Waals surface area contributed by atoms with Crippen molar-refractivity contribution >= 4 is 38.5 Å². The van der Waals surface area contributed by atoms with Crippen molar-refractivity contribution in [2.45, 2.75) is 42.0 Å². The lowest BCUT2D eigenvalue weighted by molar-refractivity contribution is -0.137. The van der Waals surface area contributed by atoms with Crippen molar-refractivity contribution < 1.29 is 22.8 Å². The maximum absolute atomic E-state index is 11.8. The SMILES string of the molecule is Cc1noc(C)c1-c1cccc2c1c(Sc1ccc(S(C)(=O)=O)cc1)c(C)n2CC(=O)O. The molecule has 0 spiro atoms. The lowest BCUT2D eigenvalue weighted by Gasteiger charge is -2.07. The Morgan fingerprint density at radius 3 is 2.38 bits per heavy atom. The average Bonchev–Trinajstić information content (AvgIpc) is 3.19. The molecular formula is C23H22N2O5S2. The van der Waals surface area contributed by atoms with Gasteiger partial charge in [-0.05, 0) is 56.7 Å². The minimum atomic E-state index is -3.29. The normalized spacial score (nSPS) is 11.9. The quantitative estimate of drug-likeness (QED) is 0.429. The second-order valence-electron chi connectivity index (χ2n) is 7.64. The predicted octanol–water partition coefficient (Wildman–Crippen LogP) is 4.86. The second-order valence-corrected chi connectivity index (χ2v) is 10.7. The summed E-state index contributed by atoms with van der Waals surface area (Å²) in [5.41, 5.74) is 4.18. The number of sulfone groups is 1. The molecule has 0 amide bonds. The van der Waals surface area contributed by atoms with Crippen LogP contribution in [-0.4, -0.2) is 35.5 Å². The van der Waals surface area contributed by atoms with Gasteiger partial charge in [-0.2, -0.15) is 0 Å². The molecule has 32 heavy (non-hydrogen) atoms. The number of hydrogen-bond acceptors (Lipinski definition) is 6. The number of aliphatic carboxylic acids is 1. The number of carbonyl (C=O) groups is 1. The van der Waals surface area contributed by atoms with Crippen LogP contribution < -0.4 is 0 Å². The maximum atomic E-state index is 11.8. The van der Waals surface area contributed by atoms with Gasteiger partial charge >= 0.3 is 5.97 Å². The summed E-state index contributed by atoms with van der Waals surface area (Å²) in [6.07, 6.45) is 1.18. The first kappa shape index (κ1) is 22.2. The number of benzene rings is 2. The summed E-state index contributed by atoms with van der Waals surface area (Å²) < 4.78 is 30.8. The summed E-state index contributed by atoms with van der Waals surface area (Å²) in [5.74, 6) is -0.242. The van der Waals surface area contributed by atoms with Gasteiger partial charge in [0.25, 0.3) is 0 Å². The summed E-state index contributed by atoms with van der Waals surface area (Å²) >= 11 is 1.47. The number of aryl methyl sites for hydroxylation is 2. The fourth-order valence-electron chi connectivity index (χ4n) is 3.90. The first-order chi connectivity index (χ1) is 15.1. The van der Waals surface area contributed by atoms with Crippen LogP contribution in [0.4, 0.5) is 0 Å². The highest BCUT2D eigenvalue weighted by Gasteiger charge is 2.23. The Labute approximate surface area is 190 Å². The molecule has 7 nitrogen and oxygen atoms in total. The minimum absolute atomic E-state index is 0.166. The van der Waals surface area contributed by atoms with Crippen molar-refractivity contribution in [1.82, 2.24) is 9.72 Å². The van der Waals surface area contributed by atoms with Gasteiger partial charge in [0.1, 0.15) is 12.3 Å². The van der Waals surface area contributed by atoms with Crippen molar-refractivity contribution in [3.8, 4) is 11.1 Å². The van der Waals surface area contributed by atoms with Crippen LogP contribution in [0, 0.1) is 20.8 Å². The highest BCUT2D eigenvalue weighted by atomic mass is 32.2. The Kier molecular flexibility index (Phi) is 5.64. The number of carboxylic acid groups (broad SMARTS) is 1. The van der Waals surface area contributed by atoms with E-state index in [9.17, 15) is 18.3 Å². The number of hydrogen-bond donors (Lipinski definition) is 1. The molecule has 0 atom stereocenters. The number of nitrogens with zero attached hydrogens (tertiary/aromatic N) is 2. The second kappa shape index (κ2) is 8.14. The van der Waals surface area contributed by atoms with Crippen molar-refractivity contribution in [1.29, 1.82) is 0 Å². The summed E-state index contributed by atoms with van der Waals surface area (Å²) in [4.78, 5) is 13.6. The fraction of sp³-hybridized carbons (Fsp3) is 0.217. The van der Waals surface area contributed by atoms with Crippen molar-refractivity contribution in [2.75, 3.05) is 6.26 Å². The van der Waals surface area contributed by atoms with Crippen LogP contribution in [0.3, 0.4) is 0 Å². The monoisotopic (exact) mass is 470 g/mol. The van der Waals surface area contributed by atoms with Gasteiger partial charge in [0.05, 0.1) is 16.1 Å². The molecular weight excluding hydrogens is 448 g/mol. The van der Waals surface area contributed by atoms with Gasteiger partial charge in [-0.3, -0.25) is 4.79 Å². The van der Waals surface area contributed by atoms with Crippen LogP contribution in [0.2, 0.25) is 0 Å². The van der Waals surface area contributed by atoms with E-state index < -0.39 is 15.8 Å². The third-order valence-corrected chi connectivity index (χ3v) is 7.70. The van der Waals surface area contributed by atoms with Crippen LogP contribution >= 0.6 is 11.8 Å². The largest absolute Gasteiger partial charge is 0.480 e. The van der Waals surface area contributed by atoms with Crippen LogP contribution in [0.25, 0.3) is 22.0 Å². The molecule has 2 heterocycles. The highest BCUT2D eigenvalue weighted by Crippen LogP contribution is 2.44. The van der Waals surface area contributed by atoms with Crippen molar-refractivity contribution in [3.63, 3.8) is 0 Å². The molecule has 2 aromatic heterocycles. The molecule has 0 aliphatic carbocycles. The van der Waals surface area contributed by atoms with E-state index in [1.165, 1.54) is 18.0 Å². The molecule has 1 N–H and O–H groups in total. The Morgan fingerprint density at radius 1 is 1.12 bits per heavy atom. The number of carboxylic acids is 1. The van der Waals surface area contributed by atoms with Crippen molar-refractivity contribution in [3.05, 3.63) is 59.6 Å². The topological polar surface area (TPSA) is 102 Å². The lowest BCUT2D eigenvalue weighted by Crippen LogP contribution is -2.09. The molecule has 0 fully saturated rings. The molecule has 0 aliphatic heterocycles. The molecule has 0 bridgehead atoms. The lowest BCUT2D eigenvalue weighted by atomic mass is 10.0. The van der Waals surface area contributed by atoms with Gasteiger partial charge in [0, 0.05) is 32.7 Å². The van der Waals surface area contributed by atoms with E-state index in [2.05, 4.69) is 5.16 Å². The minimum Gasteiger partial charge on any atom is -0.480 e. The van der Waals surface area contributed by atoms with E-state index in [-0.39, 0.29) is 11.4 Å². The Hall–Kier alpha value is -3.04. The van der Waals surface area contributed by atoms with Gasteiger partial charge in [-0.1, -0.05) is 29.1 Å². The maximum Gasteiger partial charge on any atom is 0.323 e. The predicted molar refractivity (Wildman–Crippen MR) is 123 cm³/mol. The first-order valence-corrected chi connectivity index (χ1v) is 12.5. The summed E-state index contributed by atoms with van der Waals surface area (Å²) in [6.45, 7) is 5.46.